The zero-order valence-electron chi connectivity index (χ0n) is 21.7. The molecule has 8 heteroatoms. The molecule has 2 unspecified atom stereocenters. The van der Waals surface area contributed by atoms with Gasteiger partial charge in [0.15, 0.2) is 0 Å². The van der Waals surface area contributed by atoms with Gasteiger partial charge in [-0.2, -0.15) is 11.8 Å². The first-order chi connectivity index (χ1) is 15.2. The number of hydrogen-bond acceptors (Lipinski definition) is 5. The maximum atomic E-state index is 12.2. The molecule has 0 fully saturated rings. The number of ether oxygens (including phenoxy) is 1. The first-order valence-electron chi connectivity index (χ1n) is 12.8. The van der Waals surface area contributed by atoms with Crippen molar-refractivity contribution in [2.24, 2.45) is 0 Å². The summed E-state index contributed by atoms with van der Waals surface area (Å²) in [6.45, 7) is 6.78. The lowest BCUT2D eigenvalue weighted by molar-refractivity contribution is -0.870. The van der Waals surface area contributed by atoms with E-state index in [9.17, 15) is 9.46 Å². The Hall–Kier alpha value is 0.380. The van der Waals surface area contributed by atoms with Gasteiger partial charge in [-0.15, -0.1) is 0 Å². The van der Waals surface area contributed by atoms with Crippen LogP contribution in [0.3, 0.4) is 0 Å². The largest absolute Gasteiger partial charge is 0.472 e. The lowest BCUT2D eigenvalue weighted by Crippen LogP contribution is -2.37. The predicted octanol–water partition coefficient (Wildman–Crippen LogP) is 6.67. The van der Waals surface area contributed by atoms with Crippen LogP contribution in [0.1, 0.15) is 90.9 Å². The Balaban J connectivity index is 4.25. The van der Waals surface area contributed by atoms with Crippen LogP contribution in [0.25, 0.3) is 0 Å². The van der Waals surface area contributed by atoms with Crippen molar-refractivity contribution >= 4 is 19.6 Å². The number of thioether (sulfide) groups is 1. The first kappa shape index (κ1) is 32.4. The molecule has 0 heterocycles. The maximum Gasteiger partial charge on any atom is 0.472 e. The molecule has 0 spiro atoms. The molecular weight excluding hydrogens is 445 g/mol. The van der Waals surface area contributed by atoms with Crippen molar-refractivity contribution in [1.29, 1.82) is 0 Å². The van der Waals surface area contributed by atoms with Gasteiger partial charge in [-0.3, -0.25) is 9.05 Å². The van der Waals surface area contributed by atoms with Crippen molar-refractivity contribution in [2.45, 2.75) is 96.1 Å². The van der Waals surface area contributed by atoms with Crippen molar-refractivity contribution in [3.63, 3.8) is 0 Å². The highest BCUT2D eigenvalue weighted by atomic mass is 32.2. The molecule has 0 saturated heterocycles. The number of rotatable bonds is 24. The molecule has 0 aliphatic rings. The summed E-state index contributed by atoms with van der Waals surface area (Å²) < 4.78 is 29.3. The van der Waals surface area contributed by atoms with Gasteiger partial charge < -0.3 is 14.1 Å². The summed E-state index contributed by atoms with van der Waals surface area (Å²) in [7, 11) is 2.02. The van der Waals surface area contributed by atoms with Gasteiger partial charge in [0, 0.05) is 6.61 Å². The summed E-state index contributed by atoms with van der Waals surface area (Å²) in [6, 6.07) is 0. The van der Waals surface area contributed by atoms with Gasteiger partial charge in [-0.05, 0) is 18.6 Å². The van der Waals surface area contributed by atoms with Crippen LogP contribution in [0.4, 0.5) is 0 Å². The van der Waals surface area contributed by atoms with E-state index < -0.39 is 7.82 Å². The Kier molecular flexibility index (Phi) is 21.0. The molecule has 0 radical (unpaired) electrons. The number of unbranched alkanes of at least 4 members (excludes halogenated alkanes) is 10. The predicted molar refractivity (Wildman–Crippen MR) is 138 cm³/mol. The van der Waals surface area contributed by atoms with E-state index in [-0.39, 0.29) is 18.5 Å². The highest BCUT2D eigenvalue weighted by molar-refractivity contribution is 7.99. The fourth-order valence-corrected chi connectivity index (χ4v) is 5.04. The molecule has 2 atom stereocenters. The van der Waals surface area contributed by atoms with Crippen molar-refractivity contribution in [3.8, 4) is 0 Å². The fraction of sp³-hybridized carbons (Fsp3) is 1.00. The molecular formula is C24H53NO5PS+. The summed E-state index contributed by atoms with van der Waals surface area (Å²) >= 11 is 1.79. The van der Waals surface area contributed by atoms with Crippen molar-refractivity contribution in [2.75, 3.05) is 59.9 Å². The van der Waals surface area contributed by atoms with Crippen LogP contribution >= 0.6 is 19.6 Å². The standard InChI is InChI=1S/C24H52NO5PS/c1-6-8-10-12-14-16-19-28-22-24(32-21-17-15-13-11-9-7-2)23-30-31(26,27)29-20-18-25(3,4)5/h24H,6-23H2,1-5H3/p+1. The molecule has 0 bridgehead atoms. The highest BCUT2D eigenvalue weighted by Gasteiger charge is 2.24. The van der Waals surface area contributed by atoms with Crippen LogP contribution < -0.4 is 0 Å². The van der Waals surface area contributed by atoms with Crippen LogP contribution in [0.5, 0.6) is 0 Å². The smallest absolute Gasteiger partial charge is 0.380 e. The van der Waals surface area contributed by atoms with Gasteiger partial charge in [-0.1, -0.05) is 78.1 Å². The number of nitrogens with zero attached hydrogens (tertiary/aromatic N) is 1. The highest BCUT2D eigenvalue weighted by Crippen LogP contribution is 2.43. The molecule has 194 valence electrons. The minimum absolute atomic E-state index is 0.0493. The van der Waals surface area contributed by atoms with Gasteiger partial charge in [0.25, 0.3) is 0 Å². The second kappa shape index (κ2) is 20.7. The fourth-order valence-electron chi connectivity index (χ4n) is 3.12. The average Bonchev–Trinajstić information content (AvgIpc) is 2.71. The van der Waals surface area contributed by atoms with Gasteiger partial charge >= 0.3 is 7.82 Å². The SMILES string of the molecule is CCCCCCCCOCC(COP(=O)(O)OCC[N+](C)(C)C)SCCCCCCCC. The van der Waals surface area contributed by atoms with Crippen LogP contribution in [-0.2, 0) is 18.3 Å². The molecule has 0 rings (SSSR count). The number of quaternary nitrogens is 1. The summed E-state index contributed by atoms with van der Waals surface area (Å²) in [5, 5.41) is 0.0493. The lowest BCUT2D eigenvalue weighted by atomic mass is 10.1. The van der Waals surface area contributed by atoms with Crippen LogP contribution in [0.15, 0.2) is 0 Å². The summed E-state index contributed by atoms with van der Waals surface area (Å²) in [4.78, 5) is 10.0. The van der Waals surface area contributed by atoms with E-state index in [1.165, 1.54) is 70.6 Å². The second-order valence-corrected chi connectivity index (χ2v) is 12.6. The van der Waals surface area contributed by atoms with Gasteiger partial charge in [0.05, 0.1) is 39.6 Å². The molecule has 1 N–H and O–H groups in total. The molecule has 0 aromatic heterocycles. The van der Waals surface area contributed by atoms with Gasteiger partial charge in [0.2, 0.25) is 0 Å². The molecule has 0 amide bonds. The van der Waals surface area contributed by atoms with E-state index in [1.54, 1.807) is 11.8 Å². The van der Waals surface area contributed by atoms with E-state index in [2.05, 4.69) is 13.8 Å². The third-order valence-corrected chi connectivity index (χ3v) is 7.49. The van der Waals surface area contributed by atoms with Gasteiger partial charge in [0.1, 0.15) is 13.2 Å². The number of phosphoric acid groups is 1. The molecule has 6 nitrogen and oxygen atoms in total. The third kappa shape index (κ3) is 23.5. The summed E-state index contributed by atoms with van der Waals surface area (Å²) in [5.41, 5.74) is 0. The van der Waals surface area contributed by atoms with Gasteiger partial charge in [-0.25, -0.2) is 4.57 Å². The Labute approximate surface area is 203 Å². The van der Waals surface area contributed by atoms with Crippen molar-refractivity contribution < 1.29 is 27.7 Å². The zero-order valence-corrected chi connectivity index (χ0v) is 23.4. The lowest BCUT2D eigenvalue weighted by Gasteiger charge is -2.24. The molecule has 0 aliphatic heterocycles. The number of hydrogen-bond donors (Lipinski definition) is 1. The number of phosphoric ester groups is 1. The minimum Gasteiger partial charge on any atom is -0.380 e. The summed E-state index contributed by atoms with van der Waals surface area (Å²) in [5.74, 6) is 1.03. The van der Waals surface area contributed by atoms with E-state index >= 15 is 0 Å². The monoisotopic (exact) mass is 498 g/mol. The molecule has 0 aromatic rings. The van der Waals surface area contributed by atoms with Crippen molar-refractivity contribution in [3.05, 3.63) is 0 Å². The quantitative estimate of drug-likeness (QED) is 0.0911. The van der Waals surface area contributed by atoms with Crippen LogP contribution in [-0.4, -0.2) is 74.5 Å². The Morgan fingerprint density at radius 1 is 0.781 bits per heavy atom. The third-order valence-electron chi connectivity index (χ3n) is 5.24. The van der Waals surface area contributed by atoms with E-state index in [0.717, 1.165) is 18.8 Å². The van der Waals surface area contributed by atoms with E-state index in [4.69, 9.17) is 13.8 Å². The maximum absolute atomic E-state index is 12.2. The zero-order chi connectivity index (χ0) is 24.1. The molecule has 0 saturated carbocycles. The second-order valence-electron chi connectivity index (χ2n) is 9.71. The Morgan fingerprint density at radius 3 is 1.94 bits per heavy atom. The normalized spacial score (nSPS) is 15.1. The molecule has 0 aromatic carbocycles. The molecule has 32 heavy (non-hydrogen) atoms. The van der Waals surface area contributed by atoms with Crippen LogP contribution in [0, 0.1) is 0 Å². The molecule has 0 aliphatic carbocycles. The van der Waals surface area contributed by atoms with E-state index in [1.807, 2.05) is 21.1 Å². The number of likely N-dealkylation sites (N-methyl/N-ethyl adjacent to an activating group) is 1. The first-order valence-corrected chi connectivity index (χ1v) is 15.4. The Bertz CT molecular complexity index is 462. The average molecular weight is 499 g/mol. The van der Waals surface area contributed by atoms with E-state index in [0.29, 0.717) is 17.6 Å². The minimum atomic E-state index is -4.03. The van der Waals surface area contributed by atoms with Crippen LogP contribution in [0.2, 0.25) is 0 Å². The Morgan fingerprint density at radius 2 is 1.34 bits per heavy atom. The summed E-state index contributed by atoms with van der Waals surface area (Å²) in [6.07, 6.45) is 15.0. The topological polar surface area (TPSA) is 65.0 Å². The van der Waals surface area contributed by atoms with Crippen molar-refractivity contribution in [1.82, 2.24) is 0 Å².